The first kappa shape index (κ1) is 10.6. The van der Waals surface area contributed by atoms with Crippen molar-refractivity contribution in [2.75, 3.05) is 0 Å². The molecule has 0 spiro atoms. The fourth-order valence-electron chi connectivity index (χ4n) is 1.16. The van der Waals surface area contributed by atoms with Crippen LogP contribution in [0.5, 0.6) is 0 Å². The van der Waals surface area contributed by atoms with Gasteiger partial charge in [0.15, 0.2) is 0 Å². The highest BCUT2D eigenvalue weighted by Crippen LogP contribution is 2.31. The zero-order chi connectivity index (χ0) is 9.84. The molecule has 0 aliphatic rings. The summed E-state index contributed by atoms with van der Waals surface area (Å²) in [5, 5.41) is 1.23. The molecule has 0 aliphatic heterocycles. The van der Waals surface area contributed by atoms with Gasteiger partial charge < -0.3 is 0 Å². The lowest BCUT2D eigenvalue weighted by molar-refractivity contribution is 1.03. The van der Waals surface area contributed by atoms with Crippen LogP contribution < -0.4 is 0 Å². The molecule has 0 heterocycles. The van der Waals surface area contributed by atoms with Crippen LogP contribution in [0.2, 0.25) is 10.0 Å². The molecule has 1 radical (unpaired) electrons. The Kier molecular flexibility index (Phi) is 3.83. The van der Waals surface area contributed by atoms with Crippen molar-refractivity contribution in [3.63, 3.8) is 0 Å². The Morgan fingerprint density at radius 1 is 1.46 bits per heavy atom. The molecule has 0 amide bonds. The van der Waals surface area contributed by atoms with Gasteiger partial charge in [-0.15, -0.1) is 6.58 Å². The van der Waals surface area contributed by atoms with Gasteiger partial charge in [-0.3, -0.25) is 0 Å². The van der Waals surface area contributed by atoms with Crippen molar-refractivity contribution < 1.29 is 0 Å². The molecule has 0 bridgehead atoms. The van der Waals surface area contributed by atoms with Gasteiger partial charge in [0, 0.05) is 5.92 Å². The Bertz CT molecular complexity index is 305. The smallest absolute Gasteiger partial charge is 0.0630 e. The van der Waals surface area contributed by atoms with E-state index < -0.39 is 0 Å². The third kappa shape index (κ3) is 2.49. The van der Waals surface area contributed by atoms with Gasteiger partial charge >= 0.3 is 0 Å². The first-order valence-electron chi connectivity index (χ1n) is 4.04. The maximum Gasteiger partial charge on any atom is 0.0630 e. The van der Waals surface area contributed by atoms with Gasteiger partial charge in [-0.1, -0.05) is 48.3 Å². The lowest BCUT2D eigenvalue weighted by atomic mass is 9.98. The van der Waals surface area contributed by atoms with Crippen molar-refractivity contribution in [1.29, 1.82) is 0 Å². The van der Waals surface area contributed by atoms with Gasteiger partial charge in [-0.05, 0) is 18.1 Å². The topological polar surface area (TPSA) is 0 Å². The molecule has 0 saturated carbocycles. The second-order valence-electron chi connectivity index (χ2n) is 2.87. The van der Waals surface area contributed by atoms with Crippen molar-refractivity contribution in [2.24, 2.45) is 0 Å². The Labute approximate surface area is 89.2 Å². The fraction of sp³-hybridized carbons (Fsp3) is 0.182. The van der Waals surface area contributed by atoms with Crippen LogP contribution in [-0.2, 0) is 0 Å². The summed E-state index contributed by atoms with van der Waals surface area (Å²) in [7, 11) is 0. The van der Waals surface area contributed by atoms with Crippen molar-refractivity contribution in [2.45, 2.75) is 13.3 Å². The average Bonchev–Trinajstić information content (AvgIpc) is 2.10. The molecule has 1 aromatic carbocycles. The lowest BCUT2D eigenvalue weighted by Crippen LogP contribution is -1.93. The Morgan fingerprint density at radius 2 is 2.15 bits per heavy atom. The molecule has 69 valence electrons. The summed E-state index contributed by atoms with van der Waals surface area (Å²) in [6, 6.07) is 5.65. The summed E-state index contributed by atoms with van der Waals surface area (Å²) < 4.78 is 0. The van der Waals surface area contributed by atoms with Gasteiger partial charge in [-0.25, -0.2) is 0 Å². The minimum atomic E-state index is 0.600. The first-order chi connectivity index (χ1) is 6.16. The Morgan fingerprint density at radius 3 is 2.77 bits per heavy atom. The molecule has 0 aliphatic carbocycles. The molecule has 0 saturated heterocycles. The van der Waals surface area contributed by atoms with Crippen molar-refractivity contribution in [1.82, 2.24) is 0 Å². The highest BCUT2D eigenvalue weighted by Gasteiger charge is 2.10. The number of benzene rings is 1. The van der Waals surface area contributed by atoms with E-state index in [1.807, 2.05) is 25.1 Å². The number of halogens is 2. The Hall–Kier alpha value is -0.460. The number of hydrogen-bond donors (Lipinski definition) is 0. The van der Waals surface area contributed by atoms with Gasteiger partial charge in [0.2, 0.25) is 0 Å². The van der Waals surface area contributed by atoms with Crippen LogP contribution in [0.1, 0.15) is 18.9 Å². The largest absolute Gasteiger partial charge is 0.103 e. The van der Waals surface area contributed by atoms with E-state index in [0.29, 0.717) is 10.0 Å². The minimum Gasteiger partial charge on any atom is -0.103 e. The third-order valence-electron chi connectivity index (χ3n) is 1.86. The maximum absolute atomic E-state index is 6.04. The van der Waals surface area contributed by atoms with Gasteiger partial charge in [0.1, 0.15) is 0 Å². The highest BCUT2D eigenvalue weighted by atomic mass is 35.5. The monoisotopic (exact) mass is 213 g/mol. The van der Waals surface area contributed by atoms with Crippen LogP contribution in [0.25, 0.3) is 0 Å². The minimum absolute atomic E-state index is 0.600. The fourth-order valence-corrected chi connectivity index (χ4v) is 1.62. The Balaban J connectivity index is 3.00. The van der Waals surface area contributed by atoms with Crippen LogP contribution in [0.15, 0.2) is 30.9 Å². The normalized spacial score (nSPS) is 10.5. The molecule has 0 N–H and O–H groups in total. The molecule has 1 rings (SSSR count). The van der Waals surface area contributed by atoms with E-state index in [1.54, 1.807) is 6.07 Å². The van der Waals surface area contributed by atoms with Crippen molar-refractivity contribution >= 4 is 23.2 Å². The predicted octanol–water partition coefficient (Wildman–Crippen LogP) is 4.51. The number of hydrogen-bond acceptors (Lipinski definition) is 0. The van der Waals surface area contributed by atoms with Gasteiger partial charge in [0.05, 0.1) is 10.0 Å². The van der Waals surface area contributed by atoms with E-state index in [-0.39, 0.29) is 0 Å². The van der Waals surface area contributed by atoms with Gasteiger partial charge in [0.25, 0.3) is 0 Å². The summed E-state index contributed by atoms with van der Waals surface area (Å²) in [6.07, 6.45) is 2.69. The number of allylic oxidation sites excluding steroid dienone is 1. The van der Waals surface area contributed by atoms with E-state index in [4.69, 9.17) is 23.2 Å². The SMILES string of the molecule is C=CC[C](C)c1cccc(Cl)c1Cl. The molecule has 2 heteroatoms. The first-order valence-corrected chi connectivity index (χ1v) is 4.80. The average molecular weight is 214 g/mol. The van der Waals surface area contributed by atoms with Crippen molar-refractivity contribution in [3.05, 3.63) is 52.4 Å². The van der Waals surface area contributed by atoms with Crippen LogP contribution in [0, 0.1) is 5.92 Å². The molecular weight excluding hydrogens is 203 g/mol. The summed E-state index contributed by atoms with van der Waals surface area (Å²) in [6.45, 7) is 5.71. The van der Waals surface area contributed by atoms with E-state index in [2.05, 4.69) is 6.58 Å². The van der Waals surface area contributed by atoms with E-state index in [0.717, 1.165) is 12.0 Å². The molecular formula is C11H11Cl2. The second kappa shape index (κ2) is 4.69. The lowest BCUT2D eigenvalue weighted by Gasteiger charge is -2.11. The summed E-state index contributed by atoms with van der Waals surface area (Å²) in [4.78, 5) is 0. The van der Waals surface area contributed by atoms with Crippen LogP contribution in [0.3, 0.4) is 0 Å². The highest BCUT2D eigenvalue weighted by molar-refractivity contribution is 6.42. The maximum atomic E-state index is 6.04. The molecule has 13 heavy (non-hydrogen) atoms. The third-order valence-corrected chi connectivity index (χ3v) is 2.68. The zero-order valence-corrected chi connectivity index (χ0v) is 8.99. The summed E-state index contributed by atoms with van der Waals surface area (Å²) >= 11 is 11.9. The summed E-state index contributed by atoms with van der Waals surface area (Å²) in [5.41, 5.74) is 1.01. The second-order valence-corrected chi connectivity index (χ2v) is 3.66. The molecule has 0 atom stereocenters. The van der Waals surface area contributed by atoms with Gasteiger partial charge in [-0.2, -0.15) is 0 Å². The van der Waals surface area contributed by atoms with Crippen molar-refractivity contribution in [3.8, 4) is 0 Å². The summed E-state index contributed by atoms with van der Waals surface area (Å²) in [5.74, 6) is 1.18. The van der Waals surface area contributed by atoms with Crippen LogP contribution in [-0.4, -0.2) is 0 Å². The van der Waals surface area contributed by atoms with Crippen LogP contribution >= 0.6 is 23.2 Å². The molecule has 0 aromatic heterocycles. The molecule has 0 fully saturated rings. The van der Waals surface area contributed by atoms with E-state index in [1.165, 1.54) is 5.92 Å². The molecule has 0 unspecified atom stereocenters. The van der Waals surface area contributed by atoms with Crippen LogP contribution in [0.4, 0.5) is 0 Å². The van der Waals surface area contributed by atoms with E-state index in [9.17, 15) is 0 Å². The zero-order valence-electron chi connectivity index (χ0n) is 7.48. The van der Waals surface area contributed by atoms with E-state index >= 15 is 0 Å². The molecule has 0 nitrogen and oxygen atoms in total. The number of rotatable bonds is 3. The standard InChI is InChI=1S/C11H11Cl2/c1-3-5-8(2)9-6-4-7-10(12)11(9)13/h3-4,6-7H,1,5H2,2H3. The quantitative estimate of drug-likeness (QED) is 0.649. The predicted molar refractivity (Wildman–Crippen MR) is 59.3 cm³/mol. The molecule has 1 aromatic rings.